The van der Waals surface area contributed by atoms with E-state index >= 15 is 4.39 Å². The van der Waals surface area contributed by atoms with Crippen LogP contribution in [0.5, 0.6) is 5.75 Å². The molecule has 146 valence electrons. The van der Waals surface area contributed by atoms with Crippen LogP contribution in [0.3, 0.4) is 0 Å². The molecule has 1 unspecified atom stereocenters. The van der Waals surface area contributed by atoms with Gasteiger partial charge in [-0.2, -0.15) is 4.68 Å². The lowest BCUT2D eigenvalue weighted by atomic mass is 10.00. The minimum absolute atomic E-state index is 0.00000940. The average molecular weight is 402 g/mol. The fraction of sp³-hybridized carbons (Fsp3) is 0.368. The van der Waals surface area contributed by atoms with E-state index in [1.54, 1.807) is 11.3 Å². The van der Waals surface area contributed by atoms with E-state index in [2.05, 4.69) is 12.2 Å². The smallest absolute Gasteiger partial charge is 0.354 e. The first-order chi connectivity index (χ1) is 13.4. The van der Waals surface area contributed by atoms with Crippen molar-refractivity contribution in [3.63, 3.8) is 0 Å². The summed E-state index contributed by atoms with van der Waals surface area (Å²) in [5.41, 5.74) is 1.44. The van der Waals surface area contributed by atoms with Crippen molar-refractivity contribution in [2.45, 2.75) is 38.3 Å². The number of nitrogens with one attached hydrogen (secondary N) is 1. The number of pyridine rings is 1. The third-order valence-corrected chi connectivity index (χ3v) is 6.85. The average Bonchev–Trinajstić information content (AvgIpc) is 3.32. The molecule has 5 rings (SSSR count). The Bertz CT molecular complexity index is 1260. The van der Waals surface area contributed by atoms with Crippen molar-refractivity contribution in [2.75, 3.05) is 13.0 Å². The van der Waals surface area contributed by atoms with Gasteiger partial charge < -0.3 is 15.9 Å². The zero-order valence-electron chi connectivity index (χ0n) is 15.4. The predicted molar refractivity (Wildman–Crippen MR) is 105 cm³/mol. The molecule has 0 radical (unpaired) electrons. The number of hydrogen-bond donors (Lipinski definition) is 2. The van der Waals surface area contributed by atoms with Gasteiger partial charge in [-0.25, -0.2) is 9.18 Å². The largest absolute Gasteiger partial charge is 0.494 e. The van der Waals surface area contributed by atoms with Gasteiger partial charge >= 0.3 is 5.69 Å². The molecule has 1 atom stereocenters. The van der Waals surface area contributed by atoms with Crippen molar-refractivity contribution in [3.05, 3.63) is 54.2 Å². The van der Waals surface area contributed by atoms with Crippen LogP contribution in [0.2, 0.25) is 0 Å². The second-order valence-corrected chi connectivity index (χ2v) is 8.26. The van der Waals surface area contributed by atoms with E-state index in [9.17, 15) is 9.59 Å². The maximum Gasteiger partial charge on any atom is 0.354 e. The number of nitrogen functional groups attached to an aromatic ring is 1. The molecule has 4 heterocycles. The summed E-state index contributed by atoms with van der Waals surface area (Å²) in [6.45, 7) is 2.70. The summed E-state index contributed by atoms with van der Waals surface area (Å²) in [5.74, 6) is 5.29. The molecular formula is C19H19FN4O3S. The molecule has 1 fully saturated rings. The Morgan fingerprint density at radius 3 is 2.79 bits per heavy atom. The molecule has 1 aliphatic carbocycles. The van der Waals surface area contributed by atoms with Gasteiger partial charge in [0.05, 0.1) is 24.4 Å². The van der Waals surface area contributed by atoms with E-state index in [1.165, 1.54) is 7.11 Å². The number of halogens is 1. The van der Waals surface area contributed by atoms with Crippen LogP contribution in [-0.4, -0.2) is 16.2 Å². The molecule has 2 aliphatic rings. The maximum atomic E-state index is 15.3. The highest BCUT2D eigenvalue weighted by molar-refractivity contribution is 7.10. The lowest BCUT2D eigenvalue weighted by Gasteiger charge is -2.17. The van der Waals surface area contributed by atoms with Gasteiger partial charge in [-0.3, -0.25) is 9.20 Å². The van der Waals surface area contributed by atoms with Crippen LogP contribution in [0.4, 0.5) is 4.39 Å². The molecule has 1 aliphatic heterocycles. The predicted octanol–water partition coefficient (Wildman–Crippen LogP) is 2.09. The van der Waals surface area contributed by atoms with Crippen LogP contribution in [0.25, 0.3) is 16.6 Å². The van der Waals surface area contributed by atoms with Gasteiger partial charge in [0.15, 0.2) is 11.6 Å². The summed E-state index contributed by atoms with van der Waals surface area (Å²) in [7, 11) is 1.43. The fourth-order valence-electron chi connectivity index (χ4n) is 4.11. The lowest BCUT2D eigenvalue weighted by Crippen LogP contribution is -2.44. The summed E-state index contributed by atoms with van der Waals surface area (Å²) in [5, 5.41) is 5.27. The minimum Gasteiger partial charge on any atom is -0.494 e. The normalized spacial score (nSPS) is 18.6. The molecular weight excluding hydrogens is 383 g/mol. The number of hydrogen-bond acceptors (Lipinski definition) is 6. The van der Waals surface area contributed by atoms with Crippen LogP contribution >= 0.6 is 11.3 Å². The van der Waals surface area contributed by atoms with Crippen molar-refractivity contribution in [3.8, 4) is 16.9 Å². The Hall–Kier alpha value is -2.65. The number of nitrogens with zero attached hydrogens (tertiary/aromatic N) is 2. The second-order valence-electron chi connectivity index (χ2n) is 7.34. The number of thiophene rings is 1. The fourth-order valence-corrected chi connectivity index (χ4v) is 5.22. The Labute approximate surface area is 163 Å². The van der Waals surface area contributed by atoms with Gasteiger partial charge in [-0.05, 0) is 36.6 Å². The number of nitrogens with two attached hydrogens (primary N) is 1. The Balaban J connectivity index is 1.93. The number of rotatable bonds is 3. The second kappa shape index (κ2) is 5.92. The Morgan fingerprint density at radius 1 is 1.36 bits per heavy atom. The van der Waals surface area contributed by atoms with Crippen molar-refractivity contribution >= 4 is 16.9 Å². The minimum atomic E-state index is -0.793. The van der Waals surface area contributed by atoms with Crippen LogP contribution in [0, 0.1) is 5.82 Å². The number of ether oxygens (including phenoxy) is 1. The standard InChI is InChI=1S/C19H19FN4O3S/c1-8-17-10(5-22-8)11(7-28-17)14-12(20)6-23-15(16(14)27-2)13(9-3-4-9)18(25)24(21)19(23)26/h6-9,22H,3-5,21H2,1-2H3. The molecule has 7 nitrogen and oxygen atoms in total. The van der Waals surface area contributed by atoms with Gasteiger partial charge in [0.25, 0.3) is 5.56 Å². The molecule has 0 aromatic carbocycles. The Kier molecular flexibility index (Phi) is 3.69. The van der Waals surface area contributed by atoms with Gasteiger partial charge in [0.1, 0.15) is 5.52 Å². The van der Waals surface area contributed by atoms with Crippen LogP contribution in [-0.2, 0) is 6.54 Å². The van der Waals surface area contributed by atoms with E-state index < -0.39 is 17.1 Å². The van der Waals surface area contributed by atoms with E-state index in [0.29, 0.717) is 22.3 Å². The van der Waals surface area contributed by atoms with Gasteiger partial charge in [0, 0.05) is 23.0 Å². The monoisotopic (exact) mass is 402 g/mol. The number of aromatic nitrogens is 2. The highest BCUT2D eigenvalue weighted by Crippen LogP contribution is 2.47. The summed E-state index contributed by atoms with van der Waals surface area (Å²) in [6, 6.07) is 0.206. The van der Waals surface area contributed by atoms with E-state index in [1.807, 2.05) is 5.38 Å². The zero-order chi connectivity index (χ0) is 19.7. The quantitative estimate of drug-likeness (QED) is 0.655. The highest BCUT2D eigenvalue weighted by atomic mass is 32.1. The maximum absolute atomic E-state index is 15.3. The number of methoxy groups -OCH3 is 1. The molecule has 0 saturated heterocycles. The molecule has 28 heavy (non-hydrogen) atoms. The molecule has 9 heteroatoms. The van der Waals surface area contributed by atoms with Crippen LogP contribution in [0.1, 0.15) is 47.7 Å². The molecule has 0 amide bonds. The topological polar surface area (TPSA) is 90.8 Å². The van der Waals surface area contributed by atoms with Gasteiger partial charge in [-0.1, -0.05) is 0 Å². The first-order valence-corrected chi connectivity index (χ1v) is 9.98. The molecule has 3 aromatic rings. The number of fused-ring (bicyclic) bond motifs is 2. The first-order valence-electron chi connectivity index (χ1n) is 9.10. The summed E-state index contributed by atoms with van der Waals surface area (Å²) >= 11 is 1.57. The van der Waals surface area contributed by atoms with Crippen LogP contribution < -0.4 is 27.1 Å². The van der Waals surface area contributed by atoms with E-state index in [4.69, 9.17) is 10.6 Å². The van der Waals surface area contributed by atoms with Crippen molar-refractivity contribution in [1.29, 1.82) is 0 Å². The van der Waals surface area contributed by atoms with Crippen molar-refractivity contribution in [1.82, 2.24) is 14.4 Å². The molecule has 3 aromatic heterocycles. The zero-order valence-corrected chi connectivity index (χ0v) is 16.2. The summed E-state index contributed by atoms with van der Waals surface area (Å²) in [4.78, 5) is 26.5. The molecule has 0 spiro atoms. The Morgan fingerprint density at radius 2 is 2.11 bits per heavy atom. The SMILES string of the molecule is COc1c(-c2csc3c2CNC3C)c(F)cn2c(=O)n(N)c(=O)c(C3CC3)c12. The van der Waals surface area contributed by atoms with Gasteiger partial charge in [0.2, 0.25) is 0 Å². The lowest BCUT2D eigenvalue weighted by molar-refractivity contribution is 0.414. The summed E-state index contributed by atoms with van der Waals surface area (Å²) < 4.78 is 22.5. The van der Waals surface area contributed by atoms with Crippen LogP contribution in [0.15, 0.2) is 21.2 Å². The first kappa shape index (κ1) is 17.4. The third kappa shape index (κ3) is 2.23. The van der Waals surface area contributed by atoms with Gasteiger partial charge in [-0.15, -0.1) is 11.3 Å². The van der Waals surface area contributed by atoms with E-state index in [0.717, 1.165) is 39.4 Å². The highest BCUT2D eigenvalue weighted by Gasteiger charge is 2.34. The van der Waals surface area contributed by atoms with Crippen molar-refractivity contribution in [2.24, 2.45) is 0 Å². The third-order valence-electron chi connectivity index (χ3n) is 5.64. The van der Waals surface area contributed by atoms with E-state index in [-0.39, 0.29) is 23.3 Å². The van der Waals surface area contributed by atoms with Crippen molar-refractivity contribution < 1.29 is 9.13 Å². The molecule has 3 N–H and O–H groups in total. The molecule has 0 bridgehead atoms. The summed E-state index contributed by atoms with van der Waals surface area (Å²) in [6.07, 6.45) is 2.77. The molecule has 1 saturated carbocycles.